The average Bonchev–Trinajstić information content (AvgIpc) is 2.37. The molecule has 6 heteroatoms. The zero-order valence-corrected chi connectivity index (χ0v) is 10.8. The van der Waals surface area contributed by atoms with Crippen molar-refractivity contribution in [2.45, 2.75) is 12.5 Å². The molecule has 0 aliphatic rings. The van der Waals surface area contributed by atoms with Crippen molar-refractivity contribution >= 4 is 23.2 Å². The number of alkyl halides is 1. The number of benzene rings is 1. The van der Waals surface area contributed by atoms with Gasteiger partial charge in [0.2, 0.25) is 0 Å². The molecule has 2 aromatic rings. The Morgan fingerprint density at radius 3 is 2.83 bits per heavy atom. The minimum Gasteiger partial charge on any atom is -0.484 e. The highest BCUT2D eigenvalue weighted by molar-refractivity contribution is 6.32. The number of H-pyrrole nitrogens is 1. The van der Waals surface area contributed by atoms with Crippen LogP contribution in [0.3, 0.4) is 0 Å². The Morgan fingerprint density at radius 2 is 2.11 bits per heavy atom. The molecule has 4 nitrogen and oxygen atoms in total. The molecule has 0 spiro atoms. The summed E-state index contributed by atoms with van der Waals surface area (Å²) in [5, 5.41) is 0.508. The van der Waals surface area contributed by atoms with Crippen LogP contribution < -0.4 is 10.3 Å². The van der Waals surface area contributed by atoms with Crippen LogP contribution in [-0.2, 0) is 12.5 Å². The normalized spacial score (nSPS) is 10.3. The molecule has 0 aliphatic heterocycles. The lowest BCUT2D eigenvalue weighted by Crippen LogP contribution is -2.14. The van der Waals surface area contributed by atoms with Crippen LogP contribution in [0.1, 0.15) is 11.5 Å². The Morgan fingerprint density at radius 1 is 1.33 bits per heavy atom. The van der Waals surface area contributed by atoms with Gasteiger partial charge in [0, 0.05) is 6.07 Å². The van der Waals surface area contributed by atoms with E-state index in [0.717, 1.165) is 0 Å². The van der Waals surface area contributed by atoms with Crippen molar-refractivity contribution in [3.05, 3.63) is 57.2 Å². The maximum absolute atomic E-state index is 11.3. The first kappa shape index (κ1) is 12.9. The van der Waals surface area contributed by atoms with E-state index < -0.39 is 0 Å². The fourth-order valence-corrected chi connectivity index (χ4v) is 1.74. The molecule has 18 heavy (non-hydrogen) atoms. The topological polar surface area (TPSA) is 55.0 Å². The number of para-hydroxylation sites is 1. The van der Waals surface area contributed by atoms with Crippen molar-refractivity contribution in [2.75, 3.05) is 0 Å². The van der Waals surface area contributed by atoms with E-state index in [-0.39, 0.29) is 18.0 Å². The van der Waals surface area contributed by atoms with Gasteiger partial charge < -0.3 is 9.72 Å². The van der Waals surface area contributed by atoms with Crippen molar-refractivity contribution < 1.29 is 4.74 Å². The lowest BCUT2D eigenvalue weighted by molar-refractivity contribution is 0.295. The lowest BCUT2D eigenvalue weighted by Gasteiger charge is -2.07. The van der Waals surface area contributed by atoms with Gasteiger partial charge >= 0.3 is 0 Å². The van der Waals surface area contributed by atoms with Gasteiger partial charge in [0.05, 0.1) is 16.6 Å². The molecule has 0 amide bonds. The largest absolute Gasteiger partial charge is 0.484 e. The Hall–Kier alpha value is -1.52. The van der Waals surface area contributed by atoms with Crippen molar-refractivity contribution in [2.24, 2.45) is 0 Å². The summed E-state index contributed by atoms with van der Waals surface area (Å²) in [5.74, 6) is 1.14. The number of aromatic amines is 1. The number of ether oxygens (including phenoxy) is 1. The third kappa shape index (κ3) is 3.24. The van der Waals surface area contributed by atoms with E-state index in [0.29, 0.717) is 22.3 Å². The van der Waals surface area contributed by atoms with Crippen LogP contribution in [0.25, 0.3) is 0 Å². The second-order valence-corrected chi connectivity index (χ2v) is 4.21. The average molecular weight is 285 g/mol. The SMILES string of the molecule is O=c1cc(CCl)nc(COc2ccccc2Cl)[nH]1. The number of nitrogens with zero attached hydrogens (tertiary/aromatic N) is 1. The molecule has 1 aromatic carbocycles. The molecule has 1 heterocycles. The molecular formula is C12H10Cl2N2O2. The third-order valence-corrected chi connectivity index (χ3v) is 2.77. The van der Waals surface area contributed by atoms with E-state index >= 15 is 0 Å². The Kier molecular flexibility index (Phi) is 4.23. The number of aromatic nitrogens is 2. The van der Waals surface area contributed by atoms with Gasteiger partial charge in [-0.15, -0.1) is 11.6 Å². The summed E-state index contributed by atoms with van der Waals surface area (Å²) in [7, 11) is 0. The van der Waals surface area contributed by atoms with Gasteiger partial charge in [-0.2, -0.15) is 0 Å². The van der Waals surface area contributed by atoms with Crippen molar-refractivity contribution in [1.82, 2.24) is 9.97 Å². The summed E-state index contributed by atoms with van der Waals surface area (Å²) in [4.78, 5) is 18.0. The molecule has 0 fully saturated rings. The molecule has 0 atom stereocenters. The minimum atomic E-state index is -0.251. The molecule has 0 unspecified atom stereocenters. The second-order valence-electron chi connectivity index (χ2n) is 3.54. The number of nitrogens with one attached hydrogen (secondary N) is 1. The summed E-state index contributed by atoms with van der Waals surface area (Å²) in [6, 6.07) is 8.44. The Bertz CT molecular complexity index is 599. The molecule has 0 saturated carbocycles. The summed E-state index contributed by atoms with van der Waals surface area (Å²) in [6.45, 7) is 0.129. The molecule has 2 rings (SSSR count). The number of hydrogen-bond acceptors (Lipinski definition) is 3. The van der Waals surface area contributed by atoms with E-state index in [1.165, 1.54) is 6.07 Å². The first-order valence-electron chi connectivity index (χ1n) is 5.21. The fourth-order valence-electron chi connectivity index (χ4n) is 1.41. The number of rotatable bonds is 4. The predicted molar refractivity (Wildman–Crippen MR) is 70.2 cm³/mol. The molecular weight excluding hydrogens is 275 g/mol. The highest BCUT2D eigenvalue weighted by atomic mass is 35.5. The predicted octanol–water partition coefficient (Wildman–Crippen LogP) is 2.74. The van der Waals surface area contributed by atoms with Gasteiger partial charge in [0.1, 0.15) is 18.2 Å². The van der Waals surface area contributed by atoms with E-state index in [9.17, 15) is 4.79 Å². The summed E-state index contributed by atoms with van der Waals surface area (Å²) < 4.78 is 5.47. The van der Waals surface area contributed by atoms with Gasteiger partial charge in [0.15, 0.2) is 0 Å². The third-order valence-electron chi connectivity index (χ3n) is 2.18. The fraction of sp³-hybridized carbons (Fsp3) is 0.167. The summed E-state index contributed by atoms with van der Waals surface area (Å²) in [6.07, 6.45) is 0. The molecule has 1 aromatic heterocycles. The van der Waals surface area contributed by atoms with Gasteiger partial charge in [-0.25, -0.2) is 4.98 Å². The van der Waals surface area contributed by atoms with Gasteiger partial charge in [-0.1, -0.05) is 23.7 Å². The van der Waals surface area contributed by atoms with Crippen LogP contribution in [0.2, 0.25) is 5.02 Å². The smallest absolute Gasteiger partial charge is 0.251 e. The molecule has 1 N–H and O–H groups in total. The number of hydrogen-bond donors (Lipinski definition) is 1. The molecule has 0 bridgehead atoms. The highest BCUT2D eigenvalue weighted by Crippen LogP contribution is 2.23. The Labute approximate surface area is 114 Å². The van der Waals surface area contributed by atoms with Crippen LogP contribution in [0.4, 0.5) is 0 Å². The second kappa shape index (κ2) is 5.89. The van der Waals surface area contributed by atoms with Crippen LogP contribution >= 0.6 is 23.2 Å². The first-order valence-corrected chi connectivity index (χ1v) is 6.12. The molecule has 0 radical (unpaired) electrons. The van der Waals surface area contributed by atoms with Crippen LogP contribution in [0.15, 0.2) is 35.1 Å². The molecule has 0 saturated heterocycles. The van der Waals surface area contributed by atoms with Crippen LogP contribution in [0.5, 0.6) is 5.75 Å². The van der Waals surface area contributed by atoms with E-state index in [1.807, 2.05) is 12.1 Å². The van der Waals surface area contributed by atoms with Crippen LogP contribution in [0, 0.1) is 0 Å². The van der Waals surface area contributed by atoms with Crippen molar-refractivity contribution in [3.63, 3.8) is 0 Å². The lowest BCUT2D eigenvalue weighted by atomic mass is 10.3. The zero-order chi connectivity index (χ0) is 13.0. The van der Waals surface area contributed by atoms with E-state index in [2.05, 4.69) is 9.97 Å². The van der Waals surface area contributed by atoms with Gasteiger partial charge in [-0.3, -0.25) is 4.79 Å². The van der Waals surface area contributed by atoms with E-state index in [4.69, 9.17) is 27.9 Å². The highest BCUT2D eigenvalue weighted by Gasteiger charge is 2.04. The maximum atomic E-state index is 11.3. The van der Waals surface area contributed by atoms with Gasteiger partial charge in [-0.05, 0) is 12.1 Å². The minimum absolute atomic E-state index is 0.129. The van der Waals surface area contributed by atoms with Gasteiger partial charge in [0.25, 0.3) is 5.56 Å². The number of halogens is 2. The first-order chi connectivity index (χ1) is 8.69. The quantitative estimate of drug-likeness (QED) is 0.879. The molecule has 0 aliphatic carbocycles. The standard InChI is InChI=1S/C12H10Cl2N2O2/c13-6-8-5-12(17)16-11(15-8)7-18-10-4-2-1-3-9(10)14/h1-5H,6-7H2,(H,15,16,17). The van der Waals surface area contributed by atoms with E-state index in [1.54, 1.807) is 12.1 Å². The Balaban J connectivity index is 2.13. The monoisotopic (exact) mass is 284 g/mol. The summed E-state index contributed by atoms with van der Waals surface area (Å²) >= 11 is 11.6. The maximum Gasteiger partial charge on any atom is 0.251 e. The zero-order valence-electron chi connectivity index (χ0n) is 9.32. The van der Waals surface area contributed by atoms with Crippen molar-refractivity contribution in [1.29, 1.82) is 0 Å². The van der Waals surface area contributed by atoms with Crippen molar-refractivity contribution in [3.8, 4) is 5.75 Å². The molecule has 94 valence electrons. The van der Waals surface area contributed by atoms with Crippen LogP contribution in [-0.4, -0.2) is 9.97 Å². The summed E-state index contributed by atoms with van der Waals surface area (Å²) in [5.41, 5.74) is 0.261.